The van der Waals surface area contributed by atoms with Crippen molar-refractivity contribution in [3.8, 4) is 22.6 Å². The van der Waals surface area contributed by atoms with Crippen LogP contribution in [0.4, 0.5) is 19.1 Å². The normalized spacial score (nSPS) is 15.8. The summed E-state index contributed by atoms with van der Waals surface area (Å²) in [6.07, 6.45) is 8.71. The summed E-state index contributed by atoms with van der Waals surface area (Å²) >= 11 is 0. The predicted octanol–water partition coefficient (Wildman–Crippen LogP) is 4.60. The van der Waals surface area contributed by atoms with Crippen LogP contribution in [0, 0.1) is 17.5 Å². The molecule has 0 radical (unpaired) electrons. The first kappa shape index (κ1) is 29.5. The van der Waals surface area contributed by atoms with Crippen LogP contribution in [0.2, 0.25) is 0 Å². The van der Waals surface area contributed by atoms with Crippen LogP contribution in [0.3, 0.4) is 0 Å². The summed E-state index contributed by atoms with van der Waals surface area (Å²) in [7, 11) is 0. The summed E-state index contributed by atoms with van der Waals surface area (Å²) in [6.45, 7) is 2.28. The fourth-order valence-corrected chi connectivity index (χ4v) is 5.98. The number of rotatable bonds is 10. The highest BCUT2D eigenvalue weighted by atomic mass is 19.1. The van der Waals surface area contributed by atoms with E-state index in [0.29, 0.717) is 24.4 Å². The first-order valence-corrected chi connectivity index (χ1v) is 14.4. The number of nitrogen functional groups attached to an aromatic ring is 1. The third-order valence-corrected chi connectivity index (χ3v) is 8.17. The second kappa shape index (κ2) is 12.5. The number of hydrogen-bond donors (Lipinski definition) is 2. The summed E-state index contributed by atoms with van der Waals surface area (Å²) in [5.74, 6) is -1.67. The largest absolute Gasteiger partial charge is 0.383 e. The molecule has 5 aromatic rings. The van der Waals surface area contributed by atoms with E-state index in [2.05, 4.69) is 29.5 Å². The minimum Gasteiger partial charge on any atom is -0.383 e. The number of nitrogens with two attached hydrogens (primary N) is 1. The monoisotopic (exact) mass is 603 g/mol. The molecular formula is C31H32F3N9O. The fraction of sp³-hybridized carbons (Fsp3) is 0.323. The minimum absolute atomic E-state index is 0.00895. The van der Waals surface area contributed by atoms with Gasteiger partial charge < -0.3 is 20.3 Å². The molecule has 3 N–H and O–H groups in total. The highest BCUT2D eigenvalue weighted by molar-refractivity contribution is 5.77. The number of aromatic nitrogens is 7. The molecule has 1 saturated heterocycles. The zero-order valence-electron chi connectivity index (χ0n) is 23.9. The Hall–Kier alpha value is -4.62. The summed E-state index contributed by atoms with van der Waals surface area (Å²) in [6, 6.07) is 11.4. The van der Waals surface area contributed by atoms with Crippen molar-refractivity contribution in [3.05, 3.63) is 96.7 Å². The van der Waals surface area contributed by atoms with Gasteiger partial charge in [-0.15, -0.1) is 0 Å². The molecule has 0 unspecified atom stereocenters. The van der Waals surface area contributed by atoms with Crippen LogP contribution in [0.5, 0.6) is 0 Å². The average molecular weight is 604 g/mol. The average Bonchev–Trinajstić information content (AvgIpc) is 3.68. The fourth-order valence-electron chi connectivity index (χ4n) is 5.98. The van der Waals surface area contributed by atoms with Crippen molar-refractivity contribution in [1.29, 1.82) is 0 Å². The number of aliphatic hydroxyl groups is 1. The Kier molecular flexibility index (Phi) is 8.40. The summed E-state index contributed by atoms with van der Waals surface area (Å²) < 4.78 is 45.6. The maximum atomic E-state index is 14.8. The van der Waals surface area contributed by atoms with Gasteiger partial charge in [0.2, 0.25) is 5.95 Å². The van der Waals surface area contributed by atoms with Gasteiger partial charge in [-0.1, -0.05) is 6.07 Å². The van der Waals surface area contributed by atoms with E-state index in [-0.39, 0.29) is 36.3 Å². The van der Waals surface area contributed by atoms with Gasteiger partial charge in [-0.25, -0.2) is 37.8 Å². The van der Waals surface area contributed by atoms with Crippen molar-refractivity contribution in [1.82, 2.24) is 39.2 Å². The molecule has 1 aliphatic heterocycles. The Morgan fingerprint density at radius 2 is 1.73 bits per heavy atom. The molecular weight excluding hydrogens is 571 g/mol. The Bertz CT molecular complexity index is 1700. The lowest BCUT2D eigenvalue weighted by molar-refractivity contribution is -0.00178. The van der Waals surface area contributed by atoms with Crippen molar-refractivity contribution in [2.75, 3.05) is 25.4 Å². The number of nitrogens with zero attached hydrogens (tertiary/aromatic N) is 8. The molecule has 0 saturated carbocycles. The maximum absolute atomic E-state index is 14.8. The number of halogens is 3. The lowest BCUT2D eigenvalue weighted by Gasteiger charge is -2.34. The Morgan fingerprint density at radius 1 is 0.955 bits per heavy atom. The van der Waals surface area contributed by atoms with Gasteiger partial charge in [0.05, 0.1) is 30.0 Å². The number of piperidine rings is 1. The van der Waals surface area contributed by atoms with Gasteiger partial charge in [-0.3, -0.25) is 0 Å². The quantitative estimate of drug-likeness (QED) is 0.237. The van der Waals surface area contributed by atoms with Gasteiger partial charge in [-0.2, -0.15) is 5.10 Å². The van der Waals surface area contributed by atoms with E-state index < -0.39 is 17.2 Å². The van der Waals surface area contributed by atoms with Crippen LogP contribution in [0.15, 0.2) is 73.7 Å². The van der Waals surface area contributed by atoms with E-state index in [1.54, 1.807) is 30.7 Å². The van der Waals surface area contributed by atoms with E-state index in [1.165, 1.54) is 35.5 Å². The first-order valence-electron chi connectivity index (χ1n) is 14.4. The predicted molar refractivity (Wildman–Crippen MR) is 157 cm³/mol. The standard InChI is InChI=1S/C31H32F3N9O/c32-22-4-2-21(3-5-22)28-29(27-8-12-37-30(35)40-27)43(20-38-28)24-9-14-41(15-10-24)13-1-11-31(44,17-42-19-36-18-39-42)25-7-6-23(33)16-26(25)34/h2-8,12,16,18-20,24,44H,1,9-11,13-15,17H2,(H2,35,37,40)/t31-/m0/s1. The van der Waals surface area contributed by atoms with Crippen LogP contribution in [0.1, 0.15) is 37.3 Å². The van der Waals surface area contributed by atoms with Crippen molar-refractivity contribution in [3.63, 3.8) is 0 Å². The maximum Gasteiger partial charge on any atom is 0.220 e. The molecule has 1 aliphatic rings. The number of hydrogen-bond acceptors (Lipinski definition) is 8. The minimum atomic E-state index is -1.59. The Morgan fingerprint density at radius 3 is 2.43 bits per heavy atom. The van der Waals surface area contributed by atoms with Crippen LogP contribution in [-0.2, 0) is 12.1 Å². The van der Waals surface area contributed by atoms with E-state index >= 15 is 0 Å². The van der Waals surface area contributed by atoms with Crippen LogP contribution in [-0.4, -0.2) is 63.9 Å². The molecule has 13 heteroatoms. The van der Waals surface area contributed by atoms with Gasteiger partial charge in [0, 0.05) is 42.5 Å². The lowest BCUT2D eigenvalue weighted by atomic mass is 9.88. The smallest absolute Gasteiger partial charge is 0.220 e. The second-order valence-corrected chi connectivity index (χ2v) is 11.1. The highest BCUT2D eigenvalue weighted by Crippen LogP contribution is 2.36. The van der Waals surface area contributed by atoms with Gasteiger partial charge in [0.1, 0.15) is 35.7 Å². The van der Waals surface area contributed by atoms with Crippen molar-refractivity contribution < 1.29 is 18.3 Å². The van der Waals surface area contributed by atoms with Crippen molar-refractivity contribution in [2.24, 2.45) is 0 Å². The summed E-state index contributed by atoms with van der Waals surface area (Å²) in [5, 5.41) is 15.7. The van der Waals surface area contributed by atoms with Crippen LogP contribution in [0.25, 0.3) is 22.6 Å². The number of imidazole rings is 1. The number of benzene rings is 2. The van der Waals surface area contributed by atoms with E-state index in [9.17, 15) is 18.3 Å². The molecule has 0 bridgehead atoms. The first-order chi connectivity index (χ1) is 21.3. The molecule has 0 aliphatic carbocycles. The molecule has 3 aromatic heterocycles. The Balaban J connectivity index is 1.15. The SMILES string of the molecule is Nc1nccc(-c2c(-c3ccc(F)cc3)ncn2C2CCN(CCC[C@](O)(Cn3cncn3)c3ccc(F)cc3F)CC2)n1. The number of likely N-dealkylation sites (tertiary alicyclic amines) is 1. The molecule has 4 heterocycles. The topological polar surface area (TPSA) is 124 Å². The molecule has 0 amide bonds. The second-order valence-electron chi connectivity index (χ2n) is 11.1. The van der Waals surface area contributed by atoms with Gasteiger partial charge >= 0.3 is 0 Å². The third kappa shape index (κ3) is 6.33. The van der Waals surface area contributed by atoms with Crippen LogP contribution >= 0.6 is 0 Å². The summed E-state index contributed by atoms with van der Waals surface area (Å²) in [4.78, 5) is 19.4. The Labute approximate surface area is 252 Å². The van der Waals surface area contributed by atoms with Gasteiger partial charge in [0.15, 0.2) is 0 Å². The lowest BCUT2D eigenvalue weighted by Crippen LogP contribution is -2.37. The molecule has 1 atom stereocenters. The molecule has 228 valence electrons. The van der Waals surface area contributed by atoms with Crippen molar-refractivity contribution in [2.45, 2.75) is 43.9 Å². The molecule has 2 aromatic carbocycles. The van der Waals surface area contributed by atoms with E-state index in [4.69, 9.17) is 10.7 Å². The van der Waals surface area contributed by atoms with Crippen LogP contribution < -0.4 is 5.73 Å². The van der Waals surface area contributed by atoms with Gasteiger partial charge in [0.25, 0.3) is 0 Å². The number of anilines is 1. The molecule has 0 spiro atoms. The summed E-state index contributed by atoms with van der Waals surface area (Å²) in [5.41, 5.74) is 7.24. The molecule has 1 fully saturated rings. The molecule has 44 heavy (non-hydrogen) atoms. The van der Waals surface area contributed by atoms with Gasteiger partial charge in [-0.05, 0) is 68.6 Å². The molecule has 6 rings (SSSR count). The zero-order valence-corrected chi connectivity index (χ0v) is 23.9. The highest BCUT2D eigenvalue weighted by Gasteiger charge is 2.34. The van der Waals surface area contributed by atoms with Crippen molar-refractivity contribution >= 4 is 5.95 Å². The molecule has 10 nitrogen and oxygen atoms in total. The van der Waals surface area contributed by atoms with E-state index in [0.717, 1.165) is 49.3 Å². The third-order valence-electron chi connectivity index (χ3n) is 8.17. The zero-order chi connectivity index (χ0) is 30.7. The van der Waals surface area contributed by atoms with E-state index in [1.807, 2.05) is 0 Å².